The second-order valence-electron chi connectivity index (χ2n) is 6.28. The van der Waals surface area contributed by atoms with Gasteiger partial charge in [-0.25, -0.2) is 5.43 Å². The molecule has 0 saturated heterocycles. The van der Waals surface area contributed by atoms with Crippen molar-refractivity contribution in [3.8, 4) is 17.6 Å². The van der Waals surface area contributed by atoms with Gasteiger partial charge >= 0.3 is 0 Å². The van der Waals surface area contributed by atoms with Gasteiger partial charge in [-0.15, -0.1) is 11.8 Å². The summed E-state index contributed by atoms with van der Waals surface area (Å²) >= 11 is 1.43. The van der Waals surface area contributed by atoms with Crippen LogP contribution in [0.25, 0.3) is 10.9 Å². The molecule has 0 atom stereocenters. The van der Waals surface area contributed by atoms with Crippen LogP contribution < -0.4 is 14.9 Å². The predicted octanol–water partition coefficient (Wildman–Crippen LogP) is 3.67. The third-order valence-electron chi connectivity index (χ3n) is 4.19. The van der Waals surface area contributed by atoms with Crippen LogP contribution in [0.15, 0.2) is 52.5 Å². The standard InChI is InChI=1S/C22H20N4O3S/c1-14-8-20(17-6-4-5-7-18(17)25-14)30-13-21(27)26-24-12-15-9-16(11-23)22(29-3)19(10-15)28-2/h4-10,12H,13H2,1-3H3,(H,26,27)/b24-12+. The molecule has 30 heavy (non-hydrogen) atoms. The number of para-hydroxylation sites is 1. The number of pyridine rings is 1. The Balaban J connectivity index is 1.66. The summed E-state index contributed by atoms with van der Waals surface area (Å²) in [7, 11) is 2.96. The zero-order chi connectivity index (χ0) is 21.5. The summed E-state index contributed by atoms with van der Waals surface area (Å²) in [5.41, 5.74) is 5.23. The fraction of sp³-hybridized carbons (Fsp3) is 0.182. The van der Waals surface area contributed by atoms with Crippen LogP contribution in [0.2, 0.25) is 0 Å². The summed E-state index contributed by atoms with van der Waals surface area (Å²) in [6, 6.07) is 15.1. The highest BCUT2D eigenvalue weighted by Gasteiger charge is 2.12. The molecule has 0 aliphatic carbocycles. The molecule has 152 valence electrons. The number of carbonyl (C=O) groups excluding carboxylic acids is 1. The first-order chi connectivity index (χ1) is 14.5. The molecule has 1 N–H and O–H groups in total. The maximum atomic E-state index is 12.2. The van der Waals surface area contributed by atoms with Crippen molar-refractivity contribution in [2.75, 3.05) is 20.0 Å². The topological polar surface area (TPSA) is 96.6 Å². The van der Waals surface area contributed by atoms with Crippen LogP contribution in [-0.4, -0.2) is 37.1 Å². The number of methoxy groups -OCH3 is 2. The molecule has 1 amide bonds. The van der Waals surface area contributed by atoms with E-state index in [-0.39, 0.29) is 11.7 Å². The van der Waals surface area contributed by atoms with Gasteiger partial charge in [0.1, 0.15) is 6.07 Å². The first-order valence-electron chi connectivity index (χ1n) is 9.03. The highest BCUT2D eigenvalue weighted by Crippen LogP contribution is 2.31. The van der Waals surface area contributed by atoms with Crippen molar-refractivity contribution in [2.45, 2.75) is 11.8 Å². The number of ether oxygens (including phenoxy) is 2. The van der Waals surface area contributed by atoms with E-state index in [1.807, 2.05) is 37.3 Å². The van der Waals surface area contributed by atoms with Gasteiger partial charge < -0.3 is 9.47 Å². The van der Waals surface area contributed by atoms with E-state index in [0.29, 0.717) is 22.6 Å². The van der Waals surface area contributed by atoms with Gasteiger partial charge in [0.25, 0.3) is 0 Å². The molecule has 0 fully saturated rings. The van der Waals surface area contributed by atoms with Crippen LogP contribution in [0.3, 0.4) is 0 Å². The SMILES string of the molecule is COc1cc(/C=N/NC(=O)CSc2cc(C)nc3ccccc23)cc(C#N)c1OC. The van der Waals surface area contributed by atoms with Crippen LogP contribution in [0.5, 0.6) is 11.5 Å². The minimum atomic E-state index is -0.240. The fourth-order valence-corrected chi connectivity index (χ4v) is 3.82. The van der Waals surface area contributed by atoms with Gasteiger partial charge in [0.2, 0.25) is 5.91 Å². The van der Waals surface area contributed by atoms with Gasteiger partial charge in [0, 0.05) is 16.0 Å². The van der Waals surface area contributed by atoms with Crippen molar-refractivity contribution in [1.29, 1.82) is 5.26 Å². The summed E-state index contributed by atoms with van der Waals surface area (Å²) < 4.78 is 10.4. The number of aryl methyl sites for hydroxylation is 1. The second-order valence-corrected chi connectivity index (χ2v) is 7.29. The van der Waals surface area contributed by atoms with Gasteiger partial charge in [-0.2, -0.15) is 10.4 Å². The van der Waals surface area contributed by atoms with Crippen LogP contribution in [0, 0.1) is 18.3 Å². The molecule has 0 radical (unpaired) electrons. The van der Waals surface area contributed by atoms with Crippen LogP contribution >= 0.6 is 11.8 Å². The number of carbonyl (C=O) groups is 1. The van der Waals surface area contributed by atoms with Gasteiger partial charge in [0.05, 0.1) is 37.3 Å². The van der Waals surface area contributed by atoms with Crippen molar-refractivity contribution >= 4 is 34.8 Å². The Bertz CT molecular complexity index is 1160. The number of hydrazone groups is 1. The van der Waals surface area contributed by atoms with E-state index < -0.39 is 0 Å². The predicted molar refractivity (Wildman–Crippen MR) is 117 cm³/mol. The number of hydrogen-bond acceptors (Lipinski definition) is 7. The normalized spacial score (nSPS) is 10.7. The lowest BCUT2D eigenvalue weighted by Crippen LogP contribution is -2.19. The molecule has 0 unspecified atom stereocenters. The van der Waals surface area contributed by atoms with E-state index in [4.69, 9.17) is 9.47 Å². The average molecular weight is 420 g/mol. The molecule has 0 bridgehead atoms. The molecule has 0 spiro atoms. The summed E-state index contributed by atoms with van der Waals surface area (Å²) in [4.78, 5) is 17.7. The minimum Gasteiger partial charge on any atom is -0.493 e. The molecule has 0 aliphatic heterocycles. The lowest BCUT2D eigenvalue weighted by atomic mass is 10.1. The Hall–Kier alpha value is -3.57. The molecule has 0 saturated carbocycles. The maximum Gasteiger partial charge on any atom is 0.250 e. The number of thioether (sulfide) groups is 1. The molecule has 0 aliphatic rings. The zero-order valence-corrected chi connectivity index (χ0v) is 17.6. The number of rotatable bonds is 7. The number of fused-ring (bicyclic) bond motifs is 1. The quantitative estimate of drug-likeness (QED) is 0.356. The van der Waals surface area contributed by atoms with Gasteiger partial charge in [-0.05, 0) is 36.8 Å². The molecule has 3 rings (SSSR count). The largest absolute Gasteiger partial charge is 0.493 e. The van der Waals surface area contributed by atoms with E-state index >= 15 is 0 Å². The molecule has 2 aromatic carbocycles. The number of nitriles is 1. The van der Waals surface area contributed by atoms with Crippen LogP contribution in [0.1, 0.15) is 16.8 Å². The van der Waals surface area contributed by atoms with Crippen molar-refractivity contribution in [1.82, 2.24) is 10.4 Å². The first-order valence-corrected chi connectivity index (χ1v) is 10.0. The zero-order valence-electron chi connectivity index (χ0n) is 16.8. The Morgan fingerprint density at radius 1 is 1.27 bits per heavy atom. The summed E-state index contributed by atoms with van der Waals surface area (Å²) in [5.74, 6) is 0.744. The van der Waals surface area contributed by atoms with E-state index in [9.17, 15) is 10.1 Å². The highest BCUT2D eigenvalue weighted by atomic mass is 32.2. The molecule has 1 heterocycles. The van der Waals surface area contributed by atoms with Crippen molar-refractivity contribution < 1.29 is 14.3 Å². The lowest BCUT2D eigenvalue weighted by Gasteiger charge is -2.09. The Labute approximate surface area is 178 Å². The first kappa shape index (κ1) is 21.1. The number of hydrogen-bond donors (Lipinski definition) is 1. The Kier molecular flexibility index (Phi) is 6.88. The second kappa shape index (κ2) is 9.76. The fourth-order valence-electron chi connectivity index (χ4n) is 2.89. The minimum absolute atomic E-state index is 0.208. The molecular weight excluding hydrogens is 400 g/mol. The molecular formula is C22H20N4O3S. The molecule has 8 heteroatoms. The summed E-state index contributed by atoms with van der Waals surface area (Å²) in [5, 5.41) is 14.3. The number of nitrogens with zero attached hydrogens (tertiary/aromatic N) is 3. The van der Waals surface area contributed by atoms with E-state index in [2.05, 4.69) is 21.6 Å². The van der Waals surface area contributed by atoms with Gasteiger partial charge in [-0.1, -0.05) is 18.2 Å². The highest BCUT2D eigenvalue weighted by molar-refractivity contribution is 8.00. The van der Waals surface area contributed by atoms with Crippen molar-refractivity contribution in [3.63, 3.8) is 0 Å². The molecule has 1 aromatic heterocycles. The Morgan fingerprint density at radius 3 is 2.80 bits per heavy atom. The molecule has 7 nitrogen and oxygen atoms in total. The summed E-state index contributed by atoms with van der Waals surface area (Å²) in [6.07, 6.45) is 1.46. The van der Waals surface area contributed by atoms with Crippen molar-refractivity contribution in [3.05, 3.63) is 59.3 Å². The van der Waals surface area contributed by atoms with Crippen LogP contribution in [-0.2, 0) is 4.79 Å². The smallest absolute Gasteiger partial charge is 0.250 e. The number of amides is 1. The third-order valence-corrected chi connectivity index (χ3v) is 5.24. The number of aromatic nitrogens is 1. The van der Waals surface area contributed by atoms with E-state index in [1.54, 1.807) is 12.1 Å². The maximum absolute atomic E-state index is 12.2. The van der Waals surface area contributed by atoms with E-state index in [1.165, 1.54) is 32.2 Å². The third kappa shape index (κ3) is 4.88. The van der Waals surface area contributed by atoms with Crippen LogP contribution in [0.4, 0.5) is 0 Å². The summed E-state index contributed by atoms with van der Waals surface area (Å²) in [6.45, 7) is 1.93. The Morgan fingerprint density at radius 2 is 2.07 bits per heavy atom. The molecule has 3 aromatic rings. The number of nitrogens with one attached hydrogen (secondary N) is 1. The monoisotopic (exact) mass is 420 g/mol. The number of benzene rings is 2. The average Bonchev–Trinajstić information content (AvgIpc) is 2.76. The van der Waals surface area contributed by atoms with Crippen molar-refractivity contribution in [2.24, 2.45) is 5.10 Å². The van der Waals surface area contributed by atoms with Gasteiger partial charge in [0.15, 0.2) is 11.5 Å². The van der Waals surface area contributed by atoms with E-state index in [0.717, 1.165) is 21.5 Å². The van der Waals surface area contributed by atoms with Gasteiger partial charge in [-0.3, -0.25) is 9.78 Å². The lowest BCUT2D eigenvalue weighted by molar-refractivity contribution is -0.118.